The van der Waals surface area contributed by atoms with Crippen molar-refractivity contribution in [1.29, 1.82) is 0 Å². The van der Waals surface area contributed by atoms with Gasteiger partial charge in [-0.2, -0.15) is 0 Å². The van der Waals surface area contributed by atoms with Gasteiger partial charge in [-0.05, 0) is 12.8 Å². The first-order valence-electron chi connectivity index (χ1n) is 19.0. The summed E-state index contributed by atoms with van der Waals surface area (Å²) in [6.45, 7) is 5.22. The van der Waals surface area contributed by atoms with Crippen LogP contribution in [-0.2, 0) is 9.53 Å². The van der Waals surface area contributed by atoms with E-state index in [-0.39, 0.29) is 5.97 Å². The maximum Gasteiger partial charge on any atom is 0.305 e. The Morgan fingerprint density at radius 3 is 0.825 bits per heavy atom. The second kappa shape index (κ2) is 36.5. The number of carbonyl (C=O) groups is 1. The van der Waals surface area contributed by atoms with Crippen LogP contribution in [0.15, 0.2) is 0 Å². The Bertz CT molecular complexity index is 460. The number of esters is 1. The van der Waals surface area contributed by atoms with E-state index in [9.17, 15) is 4.79 Å². The van der Waals surface area contributed by atoms with Crippen molar-refractivity contribution in [2.75, 3.05) is 6.61 Å². The van der Waals surface area contributed by atoms with Crippen molar-refractivity contribution in [2.24, 2.45) is 0 Å². The third-order valence-electron chi connectivity index (χ3n) is 8.75. The van der Waals surface area contributed by atoms with Gasteiger partial charge in [-0.15, -0.1) is 0 Å². The normalized spacial score (nSPS) is 11.3. The van der Waals surface area contributed by atoms with Gasteiger partial charge in [-0.25, -0.2) is 0 Å². The molecule has 40 heavy (non-hydrogen) atoms. The molecule has 0 aromatic heterocycles. The molecule has 0 amide bonds. The molecule has 0 rings (SSSR count). The van der Waals surface area contributed by atoms with Gasteiger partial charge >= 0.3 is 5.97 Å². The van der Waals surface area contributed by atoms with Crippen LogP contribution >= 0.6 is 0 Å². The Morgan fingerprint density at radius 1 is 0.325 bits per heavy atom. The third kappa shape index (κ3) is 35.5. The van der Waals surface area contributed by atoms with Crippen molar-refractivity contribution in [3.8, 4) is 0 Å². The van der Waals surface area contributed by atoms with E-state index in [1.807, 2.05) is 0 Å². The maximum atomic E-state index is 11.9. The molecule has 2 nitrogen and oxygen atoms in total. The van der Waals surface area contributed by atoms with Crippen molar-refractivity contribution >= 4 is 5.97 Å². The summed E-state index contributed by atoms with van der Waals surface area (Å²) >= 11 is 0. The van der Waals surface area contributed by atoms with Crippen LogP contribution in [0.1, 0.15) is 232 Å². The van der Waals surface area contributed by atoms with Crippen LogP contribution < -0.4 is 0 Å². The zero-order chi connectivity index (χ0) is 29.0. The summed E-state index contributed by atoms with van der Waals surface area (Å²) in [6.07, 6.45) is 46.0. The van der Waals surface area contributed by atoms with E-state index in [0.29, 0.717) is 13.0 Å². The third-order valence-corrected chi connectivity index (χ3v) is 8.75. The molecule has 2 heteroatoms. The summed E-state index contributed by atoms with van der Waals surface area (Å²) < 4.78 is 5.45. The molecule has 0 aliphatic heterocycles. The predicted molar refractivity (Wildman–Crippen MR) is 179 cm³/mol. The van der Waals surface area contributed by atoms with E-state index in [2.05, 4.69) is 13.8 Å². The summed E-state index contributed by atoms with van der Waals surface area (Å²) in [5.74, 6) is 0.0290. The Kier molecular flexibility index (Phi) is 36.0. The Balaban J connectivity index is 3.13. The van der Waals surface area contributed by atoms with Crippen molar-refractivity contribution in [3.63, 3.8) is 0 Å². The lowest BCUT2D eigenvalue weighted by atomic mass is 10.0. The van der Waals surface area contributed by atoms with Crippen LogP contribution in [0.4, 0.5) is 0 Å². The summed E-state index contributed by atoms with van der Waals surface area (Å²) in [4.78, 5) is 11.9. The number of hydrogen-bond acceptors (Lipinski definition) is 2. The van der Waals surface area contributed by atoms with Crippen LogP contribution in [0, 0.1) is 0 Å². The number of carbonyl (C=O) groups excluding carboxylic acids is 1. The molecule has 0 fully saturated rings. The van der Waals surface area contributed by atoms with Gasteiger partial charge in [0.25, 0.3) is 0 Å². The first kappa shape index (κ1) is 39.5. The van der Waals surface area contributed by atoms with E-state index in [0.717, 1.165) is 12.8 Å². The zero-order valence-corrected chi connectivity index (χ0v) is 28.1. The van der Waals surface area contributed by atoms with Gasteiger partial charge in [0.15, 0.2) is 0 Å². The minimum absolute atomic E-state index is 0.0290. The molecular weight excluding hydrogens is 488 g/mol. The van der Waals surface area contributed by atoms with Gasteiger partial charge in [0.05, 0.1) is 6.61 Å². The largest absolute Gasteiger partial charge is 0.466 e. The lowest BCUT2D eigenvalue weighted by Gasteiger charge is -2.06. The molecule has 0 aliphatic carbocycles. The first-order chi connectivity index (χ1) is 19.8. The maximum absolute atomic E-state index is 11.9. The number of hydrogen-bond donors (Lipinski definition) is 0. The molecule has 0 N–H and O–H groups in total. The van der Waals surface area contributed by atoms with E-state index in [4.69, 9.17) is 4.74 Å². The standard InChI is InChI=1S/C38H76O2/c1-3-5-7-9-11-13-15-17-19-20-21-22-23-25-27-29-31-33-35-37-40-38(39)36-34-32-30-28-26-24-18-16-14-12-10-8-6-4-2/h3-37H2,1-2H3. The lowest BCUT2D eigenvalue weighted by Crippen LogP contribution is -2.05. The molecule has 0 aliphatic rings. The molecule has 0 heterocycles. The fourth-order valence-electron chi connectivity index (χ4n) is 5.90. The van der Waals surface area contributed by atoms with E-state index >= 15 is 0 Å². The second-order valence-corrected chi connectivity index (χ2v) is 12.9. The molecular formula is C38H76O2. The van der Waals surface area contributed by atoms with Crippen molar-refractivity contribution in [3.05, 3.63) is 0 Å². The van der Waals surface area contributed by atoms with E-state index in [1.165, 1.54) is 199 Å². The fraction of sp³-hybridized carbons (Fsp3) is 0.974. The average molecular weight is 565 g/mol. The van der Waals surface area contributed by atoms with Crippen LogP contribution in [0.2, 0.25) is 0 Å². The number of rotatable bonds is 35. The van der Waals surface area contributed by atoms with Gasteiger partial charge < -0.3 is 4.74 Å². The fourth-order valence-corrected chi connectivity index (χ4v) is 5.90. The van der Waals surface area contributed by atoms with Gasteiger partial charge in [-0.1, -0.05) is 213 Å². The Morgan fingerprint density at radius 2 is 0.550 bits per heavy atom. The molecule has 0 radical (unpaired) electrons. The summed E-state index contributed by atoms with van der Waals surface area (Å²) in [5.41, 5.74) is 0. The highest BCUT2D eigenvalue weighted by Gasteiger charge is 2.03. The highest BCUT2D eigenvalue weighted by molar-refractivity contribution is 5.69. The molecule has 0 saturated heterocycles. The van der Waals surface area contributed by atoms with Crippen molar-refractivity contribution < 1.29 is 9.53 Å². The number of unbranched alkanes of at least 4 members (excludes halogenated alkanes) is 31. The summed E-state index contributed by atoms with van der Waals surface area (Å²) in [7, 11) is 0. The molecule has 0 bridgehead atoms. The van der Waals surface area contributed by atoms with Gasteiger partial charge in [0.1, 0.15) is 0 Å². The van der Waals surface area contributed by atoms with Crippen LogP contribution in [0.3, 0.4) is 0 Å². The van der Waals surface area contributed by atoms with Crippen LogP contribution in [0.5, 0.6) is 0 Å². The molecule has 0 saturated carbocycles. The van der Waals surface area contributed by atoms with Crippen LogP contribution in [0.25, 0.3) is 0 Å². The minimum atomic E-state index is 0.0290. The smallest absolute Gasteiger partial charge is 0.305 e. The monoisotopic (exact) mass is 565 g/mol. The zero-order valence-electron chi connectivity index (χ0n) is 28.1. The first-order valence-corrected chi connectivity index (χ1v) is 19.0. The Hall–Kier alpha value is -0.530. The summed E-state index contributed by atoms with van der Waals surface area (Å²) in [6, 6.07) is 0. The molecule has 0 atom stereocenters. The van der Waals surface area contributed by atoms with Crippen LogP contribution in [-0.4, -0.2) is 12.6 Å². The highest BCUT2D eigenvalue weighted by atomic mass is 16.5. The van der Waals surface area contributed by atoms with E-state index in [1.54, 1.807) is 0 Å². The molecule has 240 valence electrons. The minimum Gasteiger partial charge on any atom is -0.466 e. The summed E-state index contributed by atoms with van der Waals surface area (Å²) in [5, 5.41) is 0. The quantitative estimate of drug-likeness (QED) is 0.0565. The van der Waals surface area contributed by atoms with Gasteiger partial charge in [0.2, 0.25) is 0 Å². The molecule has 0 aromatic carbocycles. The SMILES string of the molecule is CCCCCCCCCCCCCCCCCCCCCOC(=O)CCCCCCCCCCCCCCCC. The van der Waals surface area contributed by atoms with Crippen molar-refractivity contribution in [2.45, 2.75) is 232 Å². The number of ether oxygens (including phenoxy) is 1. The predicted octanol–water partition coefficient (Wildman–Crippen LogP) is 13.8. The van der Waals surface area contributed by atoms with Crippen molar-refractivity contribution in [1.82, 2.24) is 0 Å². The Labute approximate surface area is 254 Å². The molecule has 0 unspecified atom stereocenters. The average Bonchev–Trinajstić information content (AvgIpc) is 2.96. The molecule has 0 aromatic rings. The van der Waals surface area contributed by atoms with E-state index < -0.39 is 0 Å². The van der Waals surface area contributed by atoms with Gasteiger partial charge in [0, 0.05) is 6.42 Å². The topological polar surface area (TPSA) is 26.3 Å². The van der Waals surface area contributed by atoms with Gasteiger partial charge in [-0.3, -0.25) is 4.79 Å². The molecule has 0 spiro atoms. The lowest BCUT2D eigenvalue weighted by molar-refractivity contribution is -0.143. The highest BCUT2D eigenvalue weighted by Crippen LogP contribution is 2.16. The second-order valence-electron chi connectivity index (χ2n) is 12.9.